The van der Waals surface area contributed by atoms with E-state index in [4.69, 9.17) is 11.6 Å². The lowest BCUT2D eigenvalue weighted by Gasteiger charge is -2.31. The van der Waals surface area contributed by atoms with Crippen LogP contribution < -0.4 is 9.62 Å². The fraction of sp³-hybridized carbons (Fsp3) is 0.481. The van der Waals surface area contributed by atoms with Crippen LogP contribution in [0.25, 0.3) is 0 Å². The number of carbonyl (C=O) groups excluding carboxylic acids is 2. The predicted molar refractivity (Wildman–Crippen MR) is 147 cm³/mol. The van der Waals surface area contributed by atoms with Crippen LogP contribution in [0.4, 0.5) is 5.69 Å². The van der Waals surface area contributed by atoms with Crippen molar-refractivity contribution in [3.8, 4) is 0 Å². The number of nitrogens with one attached hydrogen (secondary N) is 1. The number of hydrogen-bond donors (Lipinski definition) is 1. The van der Waals surface area contributed by atoms with Crippen LogP contribution in [0.5, 0.6) is 0 Å². The number of amides is 2. The van der Waals surface area contributed by atoms with Crippen molar-refractivity contribution in [1.29, 1.82) is 0 Å². The summed E-state index contributed by atoms with van der Waals surface area (Å²) in [5.74, 6) is -0.0664. The van der Waals surface area contributed by atoms with Crippen molar-refractivity contribution in [3.05, 3.63) is 64.7 Å². The summed E-state index contributed by atoms with van der Waals surface area (Å²) in [6, 6.07) is 13.7. The Morgan fingerprint density at radius 2 is 1.69 bits per heavy atom. The normalized spacial score (nSPS) is 12.3. The number of nitrogens with zero attached hydrogens (tertiary/aromatic N) is 2. The van der Waals surface area contributed by atoms with Crippen LogP contribution in [0.15, 0.2) is 48.5 Å². The summed E-state index contributed by atoms with van der Waals surface area (Å²) in [4.78, 5) is 28.1. The Balaban J connectivity index is 2.21. The molecule has 2 aromatic rings. The van der Waals surface area contributed by atoms with Gasteiger partial charge in [0.2, 0.25) is 21.8 Å². The van der Waals surface area contributed by atoms with Crippen LogP contribution in [0.3, 0.4) is 0 Å². The third kappa shape index (κ3) is 8.82. The number of sulfonamides is 1. The molecule has 0 bridgehead atoms. The summed E-state index contributed by atoms with van der Waals surface area (Å²) in [6.07, 6.45) is 2.03. The van der Waals surface area contributed by atoms with Gasteiger partial charge in [0.25, 0.3) is 0 Å². The number of anilines is 1. The van der Waals surface area contributed by atoms with Gasteiger partial charge < -0.3 is 10.2 Å². The summed E-state index contributed by atoms with van der Waals surface area (Å²) in [7, 11) is -3.55. The van der Waals surface area contributed by atoms with Crippen molar-refractivity contribution in [1.82, 2.24) is 10.2 Å². The molecule has 1 N–H and O–H groups in total. The lowest BCUT2D eigenvalue weighted by atomic mass is 10.0. The average molecular weight is 536 g/mol. The minimum absolute atomic E-state index is 0.111. The van der Waals surface area contributed by atoms with Gasteiger partial charge in [0.15, 0.2) is 0 Å². The van der Waals surface area contributed by atoms with E-state index in [0.29, 0.717) is 42.6 Å². The van der Waals surface area contributed by atoms with Gasteiger partial charge in [0.05, 0.1) is 11.9 Å². The molecule has 2 amide bonds. The van der Waals surface area contributed by atoms with E-state index in [1.807, 2.05) is 52.0 Å². The summed E-state index contributed by atoms with van der Waals surface area (Å²) in [6.45, 7) is 8.90. The van der Waals surface area contributed by atoms with Crippen LogP contribution in [-0.4, -0.2) is 50.5 Å². The number of halogens is 1. The van der Waals surface area contributed by atoms with Crippen molar-refractivity contribution in [3.63, 3.8) is 0 Å². The summed E-state index contributed by atoms with van der Waals surface area (Å²) in [5.41, 5.74) is 2.50. The molecule has 36 heavy (non-hydrogen) atoms. The number of rotatable bonds is 13. The van der Waals surface area contributed by atoms with Gasteiger partial charge >= 0.3 is 0 Å². The Bertz CT molecular complexity index is 1120. The SMILES string of the molecule is CCC(C(=O)NCC(C)C)N(Cc1ccccc1C)C(=O)CCCN(c1ccc(Cl)cc1)S(C)(=O)=O. The van der Waals surface area contributed by atoms with Crippen LogP contribution >= 0.6 is 11.6 Å². The lowest BCUT2D eigenvalue weighted by molar-refractivity contribution is -0.141. The summed E-state index contributed by atoms with van der Waals surface area (Å²) in [5, 5.41) is 3.47. The van der Waals surface area contributed by atoms with Crippen molar-refractivity contribution in [2.24, 2.45) is 5.92 Å². The monoisotopic (exact) mass is 535 g/mol. The second-order valence-corrected chi connectivity index (χ2v) is 11.8. The minimum atomic E-state index is -3.55. The maximum absolute atomic E-state index is 13.5. The van der Waals surface area contributed by atoms with E-state index in [0.717, 1.165) is 17.4 Å². The molecule has 9 heteroatoms. The van der Waals surface area contributed by atoms with Crippen LogP contribution in [0.1, 0.15) is 51.2 Å². The molecule has 2 rings (SSSR count). The molecular weight excluding hydrogens is 498 g/mol. The predicted octanol–water partition coefficient (Wildman–Crippen LogP) is 4.77. The number of aryl methyl sites for hydroxylation is 1. The van der Waals surface area contributed by atoms with E-state index >= 15 is 0 Å². The zero-order chi connectivity index (χ0) is 26.9. The van der Waals surface area contributed by atoms with E-state index < -0.39 is 16.1 Å². The van der Waals surface area contributed by atoms with Crippen molar-refractivity contribution < 1.29 is 18.0 Å². The molecular formula is C27H38ClN3O4S. The second kappa shape index (κ2) is 13.7. The third-order valence-electron chi connectivity index (χ3n) is 5.94. The molecule has 0 radical (unpaired) electrons. The quantitative estimate of drug-likeness (QED) is 0.400. The molecule has 0 aliphatic carbocycles. The molecule has 198 valence electrons. The molecule has 1 atom stereocenters. The van der Waals surface area contributed by atoms with Crippen LogP contribution in [0, 0.1) is 12.8 Å². The van der Waals surface area contributed by atoms with Crippen molar-refractivity contribution in [2.45, 2.75) is 59.5 Å². The van der Waals surface area contributed by atoms with Crippen molar-refractivity contribution in [2.75, 3.05) is 23.7 Å². The highest BCUT2D eigenvalue weighted by atomic mass is 35.5. The first-order chi connectivity index (χ1) is 16.9. The minimum Gasteiger partial charge on any atom is -0.354 e. The Labute approximate surface area is 220 Å². The molecule has 0 aliphatic heterocycles. The average Bonchev–Trinajstić information content (AvgIpc) is 2.81. The van der Waals surface area contributed by atoms with Gasteiger partial charge in [-0.15, -0.1) is 0 Å². The largest absolute Gasteiger partial charge is 0.354 e. The van der Waals surface area contributed by atoms with E-state index in [1.54, 1.807) is 29.2 Å². The highest BCUT2D eigenvalue weighted by Crippen LogP contribution is 2.22. The molecule has 0 saturated heterocycles. The number of carbonyl (C=O) groups is 2. The smallest absolute Gasteiger partial charge is 0.242 e. The van der Waals surface area contributed by atoms with E-state index in [2.05, 4.69) is 5.32 Å². The van der Waals surface area contributed by atoms with E-state index in [9.17, 15) is 18.0 Å². The molecule has 0 spiro atoms. The fourth-order valence-electron chi connectivity index (χ4n) is 3.92. The fourth-order valence-corrected chi connectivity index (χ4v) is 5.02. The first-order valence-electron chi connectivity index (χ1n) is 12.3. The van der Waals surface area contributed by atoms with Crippen LogP contribution in [0.2, 0.25) is 5.02 Å². The highest BCUT2D eigenvalue weighted by molar-refractivity contribution is 7.92. The zero-order valence-corrected chi connectivity index (χ0v) is 23.4. The van der Waals surface area contributed by atoms with E-state index in [1.165, 1.54) is 4.31 Å². The second-order valence-electron chi connectivity index (χ2n) is 9.43. The molecule has 0 aliphatic rings. The molecule has 7 nitrogen and oxygen atoms in total. The highest BCUT2D eigenvalue weighted by Gasteiger charge is 2.29. The molecule has 1 unspecified atom stereocenters. The third-order valence-corrected chi connectivity index (χ3v) is 7.39. The summed E-state index contributed by atoms with van der Waals surface area (Å²) >= 11 is 5.95. The van der Waals surface area contributed by atoms with Gasteiger partial charge in [-0.3, -0.25) is 13.9 Å². The van der Waals surface area contributed by atoms with Gasteiger partial charge in [-0.1, -0.05) is 56.6 Å². The first-order valence-corrected chi connectivity index (χ1v) is 14.5. The van der Waals surface area contributed by atoms with Gasteiger partial charge in [0, 0.05) is 31.1 Å². The number of benzene rings is 2. The molecule has 0 saturated carbocycles. The van der Waals surface area contributed by atoms with Crippen LogP contribution in [-0.2, 0) is 26.2 Å². The van der Waals surface area contributed by atoms with Crippen molar-refractivity contribution >= 4 is 39.1 Å². The Morgan fingerprint density at radius 3 is 2.25 bits per heavy atom. The Hall–Kier alpha value is -2.58. The topological polar surface area (TPSA) is 86.8 Å². The first kappa shape index (κ1) is 29.6. The Morgan fingerprint density at radius 1 is 1.06 bits per heavy atom. The van der Waals surface area contributed by atoms with Gasteiger partial charge in [-0.2, -0.15) is 0 Å². The maximum atomic E-state index is 13.5. The maximum Gasteiger partial charge on any atom is 0.242 e. The molecule has 0 aromatic heterocycles. The van der Waals surface area contributed by atoms with Gasteiger partial charge in [0.1, 0.15) is 6.04 Å². The Kier molecular flexibility index (Phi) is 11.2. The summed E-state index contributed by atoms with van der Waals surface area (Å²) < 4.78 is 26.1. The molecule has 2 aromatic carbocycles. The molecule has 0 heterocycles. The van der Waals surface area contributed by atoms with Gasteiger partial charge in [-0.25, -0.2) is 8.42 Å². The standard InChI is InChI=1S/C27H38ClN3O4S/c1-6-25(27(33)29-18-20(2)3)30(19-22-11-8-7-10-21(22)4)26(32)12-9-17-31(36(5,34)35)24-15-13-23(28)14-16-24/h7-8,10-11,13-16,20,25H,6,9,12,17-19H2,1-5H3,(H,29,33). The van der Waals surface area contributed by atoms with Gasteiger partial charge in [-0.05, 0) is 61.1 Å². The lowest BCUT2D eigenvalue weighted by Crippen LogP contribution is -2.49. The van der Waals surface area contributed by atoms with E-state index in [-0.39, 0.29) is 24.8 Å². The molecule has 0 fully saturated rings. The number of hydrogen-bond acceptors (Lipinski definition) is 4. The zero-order valence-electron chi connectivity index (χ0n) is 21.8.